The number of benzene rings is 2. The highest BCUT2D eigenvalue weighted by Gasteiger charge is 2.14. The molecule has 1 amide bonds. The Labute approximate surface area is 188 Å². The molecule has 2 aromatic carbocycles. The predicted octanol–water partition coefficient (Wildman–Crippen LogP) is 5.99. The maximum atomic E-state index is 13.9. The van der Waals surface area contributed by atoms with E-state index < -0.39 is 11.7 Å². The largest absolute Gasteiger partial charge is 0.457 e. The number of thiazole rings is 1. The number of halogens is 1. The van der Waals surface area contributed by atoms with Gasteiger partial charge in [0.25, 0.3) is 5.91 Å². The van der Waals surface area contributed by atoms with Gasteiger partial charge in [-0.3, -0.25) is 10.1 Å². The van der Waals surface area contributed by atoms with Crippen molar-refractivity contribution < 1.29 is 13.6 Å². The lowest BCUT2D eigenvalue weighted by Gasteiger charge is -2.00. The number of amides is 1. The van der Waals surface area contributed by atoms with Crippen molar-refractivity contribution in [2.24, 2.45) is 0 Å². The minimum absolute atomic E-state index is 0.144. The van der Waals surface area contributed by atoms with Gasteiger partial charge in [0.1, 0.15) is 29.0 Å². The average molecular weight is 444 g/mol. The van der Waals surface area contributed by atoms with Crippen LogP contribution < -0.4 is 5.32 Å². The summed E-state index contributed by atoms with van der Waals surface area (Å²) in [4.78, 5) is 17.8. The van der Waals surface area contributed by atoms with Gasteiger partial charge in [0.15, 0.2) is 5.13 Å². The summed E-state index contributed by atoms with van der Waals surface area (Å²) in [6.45, 7) is 2.04. The van der Waals surface area contributed by atoms with Gasteiger partial charge in [-0.05, 0) is 36.8 Å². The second-order valence-electron chi connectivity index (χ2n) is 7.10. The molecule has 7 heteroatoms. The molecule has 0 aliphatic heterocycles. The number of anilines is 1. The number of nitrogens with one attached hydrogen (secondary N) is 1. The summed E-state index contributed by atoms with van der Waals surface area (Å²) in [5.74, 6) is -0.421. The first-order chi connectivity index (χ1) is 15.5. The zero-order valence-corrected chi connectivity index (χ0v) is 17.9. The van der Waals surface area contributed by atoms with E-state index in [1.807, 2.05) is 13.0 Å². The zero-order chi connectivity index (χ0) is 22.5. The topological polar surface area (TPSA) is 78.9 Å². The van der Waals surface area contributed by atoms with Crippen molar-refractivity contribution in [3.63, 3.8) is 0 Å². The quantitative estimate of drug-likeness (QED) is 0.293. The van der Waals surface area contributed by atoms with Crippen molar-refractivity contribution in [1.29, 1.82) is 5.26 Å². The van der Waals surface area contributed by atoms with Crippen LogP contribution in [0.3, 0.4) is 0 Å². The molecule has 0 fully saturated rings. The second kappa shape index (κ2) is 9.41. The van der Waals surface area contributed by atoms with Gasteiger partial charge in [-0.25, -0.2) is 9.37 Å². The first-order valence-corrected chi connectivity index (χ1v) is 10.6. The lowest BCUT2D eigenvalue weighted by molar-refractivity contribution is -0.112. The van der Waals surface area contributed by atoms with Gasteiger partial charge < -0.3 is 4.42 Å². The standard InChI is InChI=1S/C25H18FN3O2S/c1-16-6-8-17(9-7-16)12-20-15-28-25(32-20)29-24(30)18(14-27)13-19-10-11-23(31-19)21-4-2-3-5-22(21)26/h2-11,13,15H,12H2,1H3,(H,28,29,30). The molecule has 0 spiro atoms. The molecule has 2 aromatic heterocycles. The number of rotatable bonds is 6. The minimum Gasteiger partial charge on any atom is -0.457 e. The Morgan fingerprint density at radius 2 is 1.97 bits per heavy atom. The summed E-state index contributed by atoms with van der Waals surface area (Å²) in [5, 5.41) is 12.5. The summed E-state index contributed by atoms with van der Waals surface area (Å²) < 4.78 is 19.5. The molecule has 0 saturated heterocycles. The van der Waals surface area contributed by atoms with Crippen molar-refractivity contribution in [3.05, 3.63) is 100 Å². The van der Waals surface area contributed by atoms with E-state index in [1.54, 1.807) is 36.5 Å². The van der Waals surface area contributed by atoms with Crippen LogP contribution in [-0.4, -0.2) is 10.9 Å². The van der Waals surface area contributed by atoms with E-state index in [0.717, 1.165) is 10.4 Å². The van der Waals surface area contributed by atoms with Crippen LogP contribution in [-0.2, 0) is 11.2 Å². The molecule has 0 aliphatic rings. The van der Waals surface area contributed by atoms with Crippen molar-refractivity contribution in [3.8, 4) is 17.4 Å². The third-order valence-corrected chi connectivity index (χ3v) is 5.60. The molecule has 2 heterocycles. The Hall–Kier alpha value is -4.02. The Morgan fingerprint density at radius 3 is 2.72 bits per heavy atom. The van der Waals surface area contributed by atoms with E-state index in [0.29, 0.717) is 22.9 Å². The fraction of sp³-hybridized carbons (Fsp3) is 0.0800. The van der Waals surface area contributed by atoms with Crippen molar-refractivity contribution in [1.82, 2.24) is 4.98 Å². The van der Waals surface area contributed by atoms with E-state index in [1.165, 1.54) is 29.0 Å². The molecule has 0 bridgehead atoms. The van der Waals surface area contributed by atoms with Crippen LogP contribution in [0.5, 0.6) is 0 Å². The van der Waals surface area contributed by atoms with Gasteiger partial charge in [-0.2, -0.15) is 5.26 Å². The SMILES string of the molecule is Cc1ccc(Cc2cnc(NC(=O)C(C#N)=Cc3ccc(-c4ccccc4F)o3)s2)cc1. The van der Waals surface area contributed by atoms with Crippen LogP contribution in [0.2, 0.25) is 0 Å². The molecule has 0 aliphatic carbocycles. The van der Waals surface area contributed by atoms with Crippen LogP contribution >= 0.6 is 11.3 Å². The van der Waals surface area contributed by atoms with Crippen molar-refractivity contribution >= 4 is 28.5 Å². The Balaban J connectivity index is 1.45. The summed E-state index contributed by atoms with van der Waals surface area (Å²) in [6, 6.07) is 19.5. The van der Waals surface area contributed by atoms with E-state index in [2.05, 4.69) is 34.6 Å². The molecular formula is C25H18FN3O2S. The molecule has 4 rings (SSSR count). The van der Waals surface area contributed by atoms with Crippen LogP contribution in [0.25, 0.3) is 17.4 Å². The van der Waals surface area contributed by atoms with E-state index in [-0.39, 0.29) is 11.3 Å². The normalized spacial score (nSPS) is 11.2. The number of aryl methyl sites for hydroxylation is 1. The van der Waals surface area contributed by atoms with Crippen molar-refractivity contribution in [2.75, 3.05) is 5.32 Å². The second-order valence-corrected chi connectivity index (χ2v) is 8.22. The summed E-state index contributed by atoms with van der Waals surface area (Å²) in [6.07, 6.45) is 3.74. The number of hydrogen-bond donors (Lipinski definition) is 1. The van der Waals surface area contributed by atoms with Gasteiger partial charge in [-0.1, -0.05) is 42.0 Å². The minimum atomic E-state index is -0.590. The molecule has 1 N–H and O–H groups in total. The van der Waals surface area contributed by atoms with Crippen LogP contribution in [0.15, 0.2) is 76.9 Å². The number of carbonyl (C=O) groups excluding carboxylic acids is 1. The Kier molecular flexibility index (Phi) is 6.24. The predicted molar refractivity (Wildman–Crippen MR) is 122 cm³/mol. The lowest BCUT2D eigenvalue weighted by atomic mass is 10.1. The maximum absolute atomic E-state index is 13.9. The molecule has 0 atom stereocenters. The fourth-order valence-electron chi connectivity index (χ4n) is 3.05. The number of carbonyl (C=O) groups is 1. The molecule has 0 radical (unpaired) electrons. The lowest BCUT2D eigenvalue weighted by Crippen LogP contribution is -2.13. The average Bonchev–Trinajstić information content (AvgIpc) is 3.43. The van der Waals surface area contributed by atoms with E-state index in [9.17, 15) is 14.4 Å². The Bertz CT molecular complexity index is 1330. The molecule has 4 aromatic rings. The van der Waals surface area contributed by atoms with Gasteiger partial charge in [0, 0.05) is 23.6 Å². The highest BCUT2D eigenvalue weighted by atomic mass is 32.1. The molecule has 0 unspecified atom stereocenters. The highest BCUT2D eigenvalue weighted by Crippen LogP contribution is 2.26. The van der Waals surface area contributed by atoms with E-state index in [4.69, 9.17) is 4.42 Å². The molecule has 158 valence electrons. The summed E-state index contributed by atoms with van der Waals surface area (Å²) >= 11 is 1.35. The Morgan fingerprint density at radius 1 is 1.19 bits per heavy atom. The third kappa shape index (κ3) is 4.99. The van der Waals surface area contributed by atoms with E-state index >= 15 is 0 Å². The van der Waals surface area contributed by atoms with Crippen LogP contribution in [0.1, 0.15) is 21.8 Å². The molecular weight excluding hydrogens is 425 g/mol. The van der Waals surface area contributed by atoms with Crippen LogP contribution in [0, 0.1) is 24.1 Å². The molecule has 5 nitrogen and oxygen atoms in total. The number of nitriles is 1. The maximum Gasteiger partial charge on any atom is 0.268 e. The number of nitrogens with zero attached hydrogens (tertiary/aromatic N) is 2. The molecule has 0 saturated carbocycles. The number of aromatic nitrogens is 1. The highest BCUT2D eigenvalue weighted by molar-refractivity contribution is 7.15. The third-order valence-electron chi connectivity index (χ3n) is 4.69. The first-order valence-electron chi connectivity index (χ1n) is 9.80. The molecule has 32 heavy (non-hydrogen) atoms. The summed E-state index contributed by atoms with van der Waals surface area (Å²) in [5.41, 5.74) is 2.51. The van der Waals surface area contributed by atoms with Gasteiger partial charge >= 0.3 is 0 Å². The van der Waals surface area contributed by atoms with Crippen LogP contribution in [0.4, 0.5) is 9.52 Å². The van der Waals surface area contributed by atoms with Gasteiger partial charge in [0.2, 0.25) is 0 Å². The van der Waals surface area contributed by atoms with Gasteiger partial charge in [-0.15, -0.1) is 11.3 Å². The zero-order valence-electron chi connectivity index (χ0n) is 17.1. The summed E-state index contributed by atoms with van der Waals surface area (Å²) in [7, 11) is 0. The first kappa shape index (κ1) is 21.2. The number of furan rings is 1. The number of hydrogen-bond acceptors (Lipinski definition) is 5. The van der Waals surface area contributed by atoms with Crippen molar-refractivity contribution in [2.45, 2.75) is 13.3 Å². The smallest absolute Gasteiger partial charge is 0.268 e. The fourth-order valence-corrected chi connectivity index (χ4v) is 3.89. The monoisotopic (exact) mass is 443 g/mol. The van der Waals surface area contributed by atoms with Gasteiger partial charge in [0.05, 0.1) is 5.56 Å².